The van der Waals surface area contributed by atoms with Crippen molar-refractivity contribution < 1.29 is 9.15 Å². The van der Waals surface area contributed by atoms with Crippen LogP contribution in [0.3, 0.4) is 0 Å². The van der Waals surface area contributed by atoms with Gasteiger partial charge in [0.25, 0.3) is 0 Å². The van der Waals surface area contributed by atoms with E-state index in [1.54, 1.807) is 7.11 Å². The highest BCUT2D eigenvalue weighted by Crippen LogP contribution is 2.29. The van der Waals surface area contributed by atoms with Gasteiger partial charge in [0, 0.05) is 0 Å². The van der Waals surface area contributed by atoms with E-state index in [2.05, 4.69) is 15.0 Å². The second-order valence-corrected chi connectivity index (χ2v) is 4.98. The third-order valence-electron chi connectivity index (χ3n) is 3.39. The van der Waals surface area contributed by atoms with Crippen LogP contribution in [0.5, 0.6) is 5.88 Å². The fourth-order valence-electron chi connectivity index (χ4n) is 2.39. The van der Waals surface area contributed by atoms with Gasteiger partial charge in [-0.1, -0.05) is 0 Å². The highest BCUT2D eigenvalue weighted by atomic mass is 35.5. The average Bonchev–Trinajstić information content (AvgIpc) is 3.09. The van der Waals surface area contributed by atoms with Crippen molar-refractivity contribution in [3.05, 3.63) is 35.8 Å². The summed E-state index contributed by atoms with van der Waals surface area (Å²) in [5.41, 5.74) is 1.28. The van der Waals surface area contributed by atoms with Crippen molar-refractivity contribution in [2.75, 3.05) is 7.11 Å². The van der Waals surface area contributed by atoms with Gasteiger partial charge in [-0.25, -0.2) is 9.97 Å². The second-order valence-electron chi connectivity index (χ2n) is 4.71. The Morgan fingerprint density at radius 2 is 2.19 bits per heavy atom. The van der Waals surface area contributed by atoms with Gasteiger partial charge >= 0.3 is 0 Å². The molecule has 0 bridgehead atoms. The topological polar surface area (TPSA) is 66.0 Å². The van der Waals surface area contributed by atoms with Crippen LogP contribution in [0.15, 0.2) is 22.9 Å². The Hall–Kier alpha value is -2.08. The molecule has 3 rings (SSSR count). The fraction of sp³-hybridized carbons (Fsp3) is 0.357. The summed E-state index contributed by atoms with van der Waals surface area (Å²) >= 11 is 6.03. The maximum Gasteiger partial charge on any atom is 0.245 e. The molecule has 0 amide bonds. The van der Waals surface area contributed by atoms with Crippen LogP contribution in [0.2, 0.25) is 0 Å². The summed E-state index contributed by atoms with van der Waals surface area (Å²) in [7, 11) is 1.56. The number of halogens is 1. The molecular weight excluding hydrogens is 292 g/mol. The van der Waals surface area contributed by atoms with E-state index in [-0.39, 0.29) is 11.9 Å². The summed E-state index contributed by atoms with van der Waals surface area (Å²) in [6.45, 7) is 3.93. The lowest BCUT2D eigenvalue weighted by atomic mass is 10.2. The molecule has 0 aliphatic heterocycles. The Bertz CT molecular complexity index is 780. The highest BCUT2D eigenvalue weighted by Gasteiger charge is 2.22. The zero-order valence-electron chi connectivity index (χ0n) is 12.0. The van der Waals surface area contributed by atoms with Crippen LogP contribution in [0.4, 0.5) is 0 Å². The molecule has 3 aromatic heterocycles. The SMILES string of the molecule is COc1ncnc2c1nc(CCl)n2C(C)c1ccc(C)o1. The quantitative estimate of drug-likeness (QED) is 0.693. The molecule has 0 aromatic carbocycles. The smallest absolute Gasteiger partial charge is 0.245 e. The number of aromatic nitrogens is 4. The lowest BCUT2D eigenvalue weighted by Crippen LogP contribution is -2.10. The molecule has 3 aromatic rings. The standard InChI is InChI=1S/C14H15ClN4O2/c1-8-4-5-10(21-8)9(2)19-11(6-15)18-12-13(19)16-7-17-14(12)20-3/h4-5,7,9H,6H2,1-3H3. The Morgan fingerprint density at radius 1 is 1.38 bits per heavy atom. The van der Waals surface area contributed by atoms with Crippen molar-refractivity contribution in [2.45, 2.75) is 25.8 Å². The summed E-state index contributed by atoms with van der Waals surface area (Å²) < 4.78 is 12.9. The van der Waals surface area contributed by atoms with E-state index in [9.17, 15) is 0 Å². The largest absolute Gasteiger partial charge is 0.479 e. The van der Waals surface area contributed by atoms with Gasteiger partial charge in [0.1, 0.15) is 23.7 Å². The fourth-order valence-corrected chi connectivity index (χ4v) is 2.58. The molecule has 1 atom stereocenters. The van der Waals surface area contributed by atoms with Crippen LogP contribution < -0.4 is 4.74 Å². The van der Waals surface area contributed by atoms with Gasteiger partial charge in [0.2, 0.25) is 5.88 Å². The average molecular weight is 307 g/mol. The third kappa shape index (κ3) is 2.25. The van der Waals surface area contributed by atoms with Crippen LogP contribution in [0.1, 0.15) is 30.3 Å². The van der Waals surface area contributed by atoms with Gasteiger partial charge in [-0.3, -0.25) is 0 Å². The van der Waals surface area contributed by atoms with Gasteiger partial charge in [-0.05, 0) is 26.0 Å². The maximum atomic E-state index is 6.03. The minimum absolute atomic E-state index is 0.0722. The van der Waals surface area contributed by atoms with E-state index in [0.717, 1.165) is 11.5 Å². The minimum Gasteiger partial charge on any atom is -0.479 e. The molecule has 0 fully saturated rings. The van der Waals surface area contributed by atoms with Crippen LogP contribution in [-0.2, 0) is 5.88 Å². The van der Waals surface area contributed by atoms with Crippen molar-refractivity contribution in [1.82, 2.24) is 19.5 Å². The summed E-state index contributed by atoms with van der Waals surface area (Å²) in [5, 5.41) is 0. The monoisotopic (exact) mass is 306 g/mol. The Balaban J connectivity index is 2.21. The van der Waals surface area contributed by atoms with Crippen LogP contribution in [0.25, 0.3) is 11.2 Å². The molecule has 0 aliphatic carbocycles. The number of hydrogen-bond donors (Lipinski definition) is 0. The van der Waals surface area contributed by atoms with Crippen molar-refractivity contribution in [2.24, 2.45) is 0 Å². The van der Waals surface area contributed by atoms with Crippen LogP contribution in [0, 0.1) is 6.92 Å². The van der Waals surface area contributed by atoms with Gasteiger partial charge in [-0.2, -0.15) is 4.98 Å². The molecule has 1 unspecified atom stereocenters. The molecule has 21 heavy (non-hydrogen) atoms. The first kappa shape index (κ1) is 13.9. The van der Waals surface area contributed by atoms with Gasteiger partial charge < -0.3 is 13.7 Å². The molecule has 0 N–H and O–H groups in total. The Labute approximate surface area is 126 Å². The number of fused-ring (bicyclic) bond motifs is 1. The first-order chi connectivity index (χ1) is 10.2. The lowest BCUT2D eigenvalue weighted by molar-refractivity contribution is 0.401. The lowest BCUT2D eigenvalue weighted by Gasteiger charge is -2.14. The predicted octanol–water partition coefficient (Wildman–Crippen LogP) is 3.08. The minimum atomic E-state index is -0.0722. The first-order valence-corrected chi connectivity index (χ1v) is 7.07. The zero-order chi connectivity index (χ0) is 15.0. The summed E-state index contributed by atoms with van der Waals surface area (Å²) in [6, 6.07) is 3.81. The van der Waals surface area contributed by atoms with Crippen molar-refractivity contribution in [1.29, 1.82) is 0 Å². The van der Waals surface area contributed by atoms with E-state index >= 15 is 0 Å². The highest BCUT2D eigenvalue weighted by molar-refractivity contribution is 6.16. The number of aryl methyl sites for hydroxylation is 1. The molecule has 3 heterocycles. The van der Waals surface area contributed by atoms with Crippen molar-refractivity contribution in [3.63, 3.8) is 0 Å². The van der Waals surface area contributed by atoms with Gasteiger partial charge in [-0.15, -0.1) is 11.6 Å². The molecule has 110 valence electrons. The number of alkyl halides is 1. The Kier molecular flexibility index (Phi) is 3.55. The molecule has 0 saturated carbocycles. The molecule has 7 heteroatoms. The molecule has 0 spiro atoms. The molecular formula is C14H15ClN4O2. The van der Waals surface area contributed by atoms with E-state index in [4.69, 9.17) is 20.8 Å². The van der Waals surface area contributed by atoms with Crippen molar-refractivity contribution >= 4 is 22.8 Å². The molecule has 0 radical (unpaired) electrons. The van der Waals surface area contributed by atoms with Crippen LogP contribution in [-0.4, -0.2) is 26.6 Å². The third-order valence-corrected chi connectivity index (χ3v) is 3.63. The number of nitrogens with zero attached hydrogens (tertiary/aromatic N) is 4. The molecule has 0 aliphatic rings. The van der Waals surface area contributed by atoms with E-state index in [1.807, 2.05) is 30.5 Å². The predicted molar refractivity (Wildman–Crippen MR) is 78.7 cm³/mol. The van der Waals surface area contributed by atoms with E-state index in [1.165, 1.54) is 6.33 Å². The molecule has 0 saturated heterocycles. The normalized spacial score (nSPS) is 12.8. The number of hydrogen-bond acceptors (Lipinski definition) is 5. The number of imidazole rings is 1. The first-order valence-electron chi connectivity index (χ1n) is 6.53. The van der Waals surface area contributed by atoms with Gasteiger partial charge in [0.15, 0.2) is 11.2 Å². The second kappa shape index (κ2) is 5.37. The maximum absolute atomic E-state index is 6.03. The number of furan rings is 1. The number of ether oxygens (including phenoxy) is 1. The van der Waals surface area contributed by atoms with Crippen molar-refractivity contribution in [3.8, 4) is 5.88 Å². The number of methoxy groups -OCH3 is 1. The van der Waals surface area contributed by atoms with E-state index < -0.39 is 0 Å². The summed E-state index contributed by atoms with van der Waals surface area (Å²) in [5.74, 6) is 3.10. The molecule has 6 nitrogen and oxygen atoms in total. The van der Waals surface area contributed by atoms with Crippen LogP contribution >= 0.6 is 11.6 Å². The van der Waals surface area contributed by atoms with Gasteiger partial charge in [0.05, 0.1) is 19.0 Å². The Morgan fingerprint density at radius 3 is 2.81 bits per heavy atom. The summed E-state index contributed by atoms with van der Waals surface area (Å²) in [6.07, 6.45) is 1.46. The summed E-state index contributed by atoms with van der Waals surface area (Å²) in [4.78, 5) is 12.9. The van der Waals surface area contributed by atoms with E-state index in [0.29, 0.717) is 22.9 Å². The number of rotatable bonds is 4. The zero-order valence-corrected chi connectivity index (χ0v) is 12.8.